The first-order valence-electron chi connectivity index (χ1n) is 3.59. The van der Waals surface area contributed by atoms with E-state index in [2.05, 4.69) is 15.0 Å². The Hall–Kier alpha value is -1.03. The van der Waals surface area contributed by atoms with Crippen molar-refractivity contribution in [1.82, 2.24) is 10.5 Å². The van der Waals surface area contributed by atoms with Crippen LogP contribution in [0.1, 0.15) is 6.92 Å². The highest BCUT2D eigenvalue weighted by Crippen LogP contribution is 2.19. The molecule has 1 aliphatic heterocycles. The third-order valence-electron chi connectivity index (χ3n) is 1.76. The molecule has 0 saturated carbocycles. The fourth-order valence-corrected chi connectivity index (χ4v) is 1.06. The molecule has 1 aromatic rings. The van der Waals surface area contributed by atoms with Crippen LogP contribution in [0, 0.1) is 0 Å². The topological polar surface area (TPSA) is 47.3 Å². The molecule has 0 unspecified atom stereocenters. The van der Waals surface area contributed by atoms with Crippen molar-refractivity contribution in [2.45, 2.75) is 12.5 Å². The number of rotatable bonds is 2. The van der Waals surface area contributed by atoms with E-state index in [0.717, 1.165) is 13.1 Å². The van der Waals surface area contributed by atoms with E-state index in [1.54, 1.807) is 6.07 Å². The highest BCUT2D eigenvalue weighted by Gasteiger charge is 2.34. The Balaban J connectivity index is 2.00. The number of hydrogen-bond acceptors (Lipinski definition) is 4. The van der Waals surface area contributed by atoms with Crippen LogP contribution in [-0.4, -0.2) is 23.8 Å². The molecule has 1 saturated heterocycles. The van der Waals surface area contributed by atoms with Crippen LogP contribution < -0.4 is 10.1 Å². The quantitative estimate of drug-likeness (QED) is 0.670. The van der Waals surface area contributed by atoms with Crippen LogP contribution in [0.25, 0.3) is 0 Å². The van der Waals surface area contributed by atoms with E-state index in [1.807, 2.05) is 6.92 Å². The Bertz CT molecular complexity index is 229. The van der Waals surface area contributed by atoms with Crippen molar-refractivity contribution >= 4 is 0 Å². The summed E-state index contributed by atoms with van der Waals surface area (Å²) in [6.07, 6.45) is 1.50. The standard InChI is InChI=1S/C7H10N2O2/c1-7(4-8-5-7)11-6-2-3-10-9-6/h2-3,8H,4-5H2,1H3. The molecule has 1 N–H and O–H groups in total. The van der Waals surface area contributed by atoms with Crippen molar-refractivity contribution in [1.29, 1.82) is 0 Å². The van der Waals surface area contributed by atoms with E-state index in [-0.39, 0.29) is 5.60 Å². The van der Waals surface area contributed by atoms with E-state index >= 15 is 0 Å². The summed E-state index contributed by atoms with van der Waals surface area (Å²) in [5, 5.41) is 6.79. The van der Waals surface area contributed by atoms with Crippen molar-refractivity contribution in [2.75, 3.05) is 13.1 Å². The van der Waals surface area contributed by atoms with Gasteiger partial charge in [-0.3, -0.25) is 0 Å². The molecular weight excluding hydrogens is 144 g/mol. The number of hydrogen-bond donors (Lipinski definition) is 1. The lowest BCUT2D eigenvalue weighted by Crippen LogP contribution is -2.61. The summed E-state index contributed by atoms with van der Waals surface area (Å²) in [6.45, 7) is 3.79. The second-order valence-corrected chi connectivity index (χ2v) is 2.99. The monoisotopic (exact) mass is 154 g/mol. The molecule has 60 valence electrons. The second-order valence-electron chi connectivity index (χ2n) is 2.99. The SMILES string of the molecule is CC1(Oc2ccon2)CNC1. The van der Waals surface area contributed by atoms with Crippen molar-refractivity contribution in [3.05, 3.63) is 12.3 Å². The minimum atomic E-state index is -0.0864. The molecule has 0 bridgehead atoms. The molecule has 0 atom stereocenters. The van der Waals surface area contributed by atoms with Crippen molar-refractivity contribution in [3.63, 3.8) is 0 Å². The van der Waals surface area contributed by atoms with E-state index in [9.17, 15) is 0 Å². The maximum atomic E-state index is 5.51. The Kier molecular flexibility index (Phi) is 1.35. The van der Waals surface area contributed by atoms with Crippen molar-refractivity contribution < 1.29 is 9.26 Å². The lowest BCUT2D eigenvalue weighted by atomic mass is 10.0. The van der Waals surface area contributed by atoms with Crippen molar-refractivity contribution in [2.24, 2.45) is 0 Å². The first kappa shape index (κ1) is 6.67. The van der Waals surface area contributed by atoms with Crippen LogP contribution in [0.3, 0.4) is 0 Å². The van der Waals surface area contributed by atoms with Crippen LogP contribution in [-0.2, 0) is 0 Å². The van der Waals surface area contributed by atoms with Gasteiger partial charge in [0, 0.05) is 19.2 Å². The smallest absolute Gasteiger partial charge is 0.254 e. The van der Waals surface area contributed by atoms with Gasteiger partial charge in [-0.05, 0) is 12.1 Å². The number of nitrogens with one attached hydrogen (secondary N) is 1. The van der Waals surface area contributed by atoms with Gasteiger partial charge in [-0.25, -0.2) is 0 Å². The lowest BCUT2D eigenvalue weighted by molar-refractivity contribution is 0.0273. The molecule has 1 fully saturated rings. The Morgan fingerprint density at radius 1 is 1.73 bits per heavy atom. The van der Waals surface area contributed by atoms with Crippen molar-refractivity contribution in [3.8, 4) is 5.88 Å². The van der Waals surface area contributed by atoms with Crippen LogP contribution >= 0.6 is 0 Å². The highest BCUT2D eigenvalue weighted by atomic mass is 16.6. The van der Waals surface area contributed by atoms with Crippen LogP contribution in [0.4, 0.5) is 0 Å². The lowest BCUT2D eigenvalue weighted by Gasteiger charge is -2.38. The Morgan fingerprint density at radius 2 is 2.55 bits per heavy atom. The predicted molar refractivity (Wildman–Crippen MR) is 38.4 cm³/mol. The second kappa shape index (κ2) is 2.23. The summed E-state index contributed by atoms with van der Waals surface area (Å²) in [6, 6.07) is 1.71. The van der Waals surface area contributed by atoms with Crippen LogP contribution in [0.2, 0.25) is 0 Å². The van der Waals surface area contributed by atoms with Gasteiger partial charge >= 0.3 is 0 Å². The largest absolute Gasteiger partial charge is 0.466 e. The number of ether oxygens (including phenoxy) is 1. The molecule has 2 heterocycles. The third-order valence-corrected chi connectivity index (χ3v) is 1.76. The molecule has 4 heteroatoms. The zero-order valence-electron chi connectivity index (χ0n) is 6.33. The van der Waals surface area contributed by atoms with Gasteiger partial charge in [0.05, 0.1) is 0 Å². The number of aromatic nitrogens is 1. The molecule has 1 aliphatic rings. The molecule has 0 amide bonds. The van der Waals surface area contributed by atoms with Gasteiger partial charge < -0.3 is 14.6 Å². The molecule has 1 aromatic heterocycles. The van der Waals surface area contributed by atoms with E-state index in [0.29, 0.717) is 5.88 Å². The summed E-state index contributed by atoms with van der Waals surface area (Å²) in [5.74, 6) is 0.564. The zero-order chi connectivity index (χ0) is 7.73. The molecular formula is C7H10N2O2. The number of nitrogens with zero attached hydrogens (tertiary/aromatic N) is 1. The summed E-state index contributed by atoms with van der Waals surface area (Å²) in [4.78, 5) is 0. The molecule has 11 heavy (non-hydrogen) atoms. The first-order chi connectivity index (χ1) is 5.29. The molecule has 4 nitrogen and oxygen atoms in total. The van der Waals surface area contributed by atoms with Gasteiger partial charge in [-0.1, -0.05) is 0 Å². The average molecular weight is 154 g/mol. The minimum Gasteiger partial charge on any atom is -0.466 e. The Labute approximate surface area is 64.5 Å². The Morgan fingerprint density at radius 3 is 3.00 bits per heavy atom. The van der Waals surface area contributed by atoms with E-state index in [1.165, 1.54) is 6.26 Å². The van der Waals surface area contributed by atoms with Crippen LogP contribution in [0.5, 0.6) is 5.88 Å². The van der Waals surface area contributed by atoms with Gasteiger partial charge in [0.1, 0.15) is 11.9 Å². The van der Waals surface area contributed by atoms with E-state index in [4.69, 9.17) is 4.74 Å². The van der Waals surface area contributed by atoms with Gasteiger partial charge in [0.15, 0.2) is 0 Å². The fraction of sp³-hybridized carbons (Fsp3) is 0.571. The third kappa shape index (κ3) is 1.21. The van der Waals surface area contributed by atoms with Gasteiger partial charge in [-0.15, -0.1) is 0 Å². The van der Waals surface area contributed by atoms with Gasteiger partial charge in [0.25, 0.3) is 5.88 Å². The summed E-state index contributed by atoms with van der Waals surface area (Å²) in [7, 11) is 0. The van der Waals surface area contributed by atoms with Gasteiger partial charge in [0.2, 0.25) is 0 Å². The van der Waals surface area contributed by atoms with Crippen LogP contribution in [0.15, 0.2) is 16.9 Å². The average Bonchev–Trinajstić information content (AvgIpc) is 2.36. The summed E-state index contributed by atoms with van der Waals surface area (Å²) in [5.41, 5.74) is -0.0864. The molecule has 0 radical (unpaired) electrons. The van der Waals surface area contributed by atoms with E-state index < -0.39 is 0 Å². The highest BCUT2D eigenvalue weighted by molar-refractivity contribution is 5.07. The first-order valence-corrected chi connectivity index (χ1v) is 3.59. The molecule has 2 rings (SSSR count). The molecule has 0 aromatic carbocycles. The molecule has 0 spiro atoms. The summed E-state index contributed by atoms with van der Waals surface area (Å²) < 4.78 is 10.1. The fourth-order valence-electron chi connectivity index (χ4n) is 1.06. The van der Waals surface area contributed by atoms with Gasteiger partial charge in [-0.2, -0.15) is 0 Å². The summed E-state index contributed by atoms with van der Waals surface area (Å²) >= 11 is 0. The molecule has 0 aliphatic carbocycles. The normalized spacial score (nSPS) is 20.8. The zero-order valence-corrected chi connectivity index (χ0v) is 6.33. The predicted octanol–water partition coefficient (Wildman–Crippen LogP) is 0.415. The maximum Gasteiger partial charge on any atom is 0.254 e. The maximum absolute atomic E-state index is 5.51. The minimum absolute atomic E-state index is 0.0864.